The predicted molar refractivity (Wildman–Crippen MR) is 112 cm³/mol. The van der Waals surface area contributed by atoms with Crippen LogP contribution >= 0.6 is 11.3 Å². The maximum atomic E-state index is 12.4. The highest BCUT2D eigenvalue weighted by Gasteiger charge is 2.16. The van der Waals surface area contributed by atoms with Gasteiger partial charge in [-0.15, -0.1) is 6.42 Å². The Kier molecular flexibility index (Phi) is 5.82. The molecule has 0 N–H and O–H groups in total. The molecule has 3 aromatic rings. The average Bonchev–Trinajstić information content (AvgIpc) is 2.98. The third kappa shape index (κ3) is 4.24. The summed E-state index contributed by atoms with van der Waals surface area (Å²) >= 11 is 1.38. The van der Waals surface area contributed by atoms with Crippen molar-refractivity contribution in [1.82, 2.24) is 4.57 Å². The summed E-state index contributed by atoms with van der Waals surface area (Å²) in [6, 6.07) is 12.2. The van der Waals surface area contributed by atoms with Gasteiger partial charge in [0.15, 0.2) is 14.6 Å². The van der Waals surface area contributed by atoms with Crippen LogP contribution in [0.2, 0.25) is 0 Å². The molecule has 0 saturated heterocycles. The molecule has 1 aromatic heterocycles. The van der Waals surface area contributed by atoms with E-state index >= 15 is 0 Å². The van der Waals surface area contributed by atoms with Crippen molar-refractivity contribution < 1.29 is 13.2 Å². The van der Waals surface area contributed by atoms with Crippen LogP contribution in [0.4, 0.5) is 0 Å². The molecular formula is C21H20N2O3S2. The molecule has 1 heterocycles. The van der Waals surface area contributed by atoms with E-state index in [9.17, 15) is 13.2 Å². The summed E-state index contributed by atoms with van der Waals surface area (Å²) < 4.78 is 27.5. The third-order valence-electron chi connectivity index (χ3n) is 4.45. The summed E-state index contributed by atoms with van der Waals surface area (Å²) in [5, 5.41) is 0. The van der Waals surface area contributed by atoms with E-state index in [0.717, 1.165) is 21.3 Å². The summed E-state index contributed by atoms with van der Waals surface area (Å²) in [7, 11) is -3.52. The SMILES string of the molecule is C#CCn1c(=NC(=O)CCS(=O)(=O)c2ccccc2)sc2cc(C)c(C)cc21. The van der Waals surface area contributed by atoms with Crippen LogP contribution in [0.15, 0.2) is 52.4 Å². The zero-order valence-corrected chi connectivity index (χ0v) is 17.3. The third-order valence-corrected chi connectivity index (χ3v) is 7.23. The molecule has 28 heavy (non-hydrogen) atoms. The molecule has 7 heteroatoms. The van der Waals surface area contributed by atoms with Gasteiger partial charge in [-0.25, -0.2) is 8.42 Å². The molecule has 2 aromatic carbocycles. The van der Waals surface area contributed by atoms with Crippen LogP contribution < -0.4 is 4.80 Å². The summed E-state index contributed by atoms with van der Waals surface area (Å²) in [6.45, 7) is 4.33. The fourth-order valence-electron chi connectivity index (χ4n) is 2.78. The lowest BCUT2D eigenvalue weighted by Gasteiger charge is -2.03. The van der Waals surface area contributed by atoms with Crippen LogP contribution in [0.5, 0.6) is 0 Å². The van der Waals surface area contributed by atoms with E-state index < -0.39 is 15.7 Å². The number of amides is 1. The molecule has 0 saturated carbocycles. The Hall–Kier alpha value is -2.69. The zero-order chi connectivity index (χ0) is 20.3. The number of sulfone groups is 1. The summed E-state index contributed by atoms with van der Waals surface area (Å²) in [5.41, 5.74) is 3.20. The van der Waals surface area contributed by atoms with Crippen LogP contribution in [0, 0.1) is 26.2 Å². The number of aryl methyl sites for hydroxylation is 2. The van der Waals surface area contributed by atoms with E-state index in [1.807, 2.05) is 30.5 Å². The second-order valence-electron chi connectivity index (χ2n) is 6.47. The van der Waals surface area contributed by atoms with Gasteiger partial charge in [-0.1, -0.05) is 35.5 Å². The largest absolute Gasteiger partial charge is 0.305 e. The molecule has 5 nitrogen and oxygen atoms in total. The number of benzene rings is 2. The smallest absolute Gasteiger partial charge is 0.249 e. The van der Waals surface area contributed by atoms with Crippen molar-refractivity contribution >= 4 is 37.3 Å². The van der Waals surface area contributed by atoms with Crippen molar-refractivity contribution in [3.05, 3.63) is 58.4 Å². The number of aromatic nitrogens is 1. The molecule has 3 rings (SSSR count). The highest BCUT2D eigenvalue weighted by atomic mass is 32.2. The van der Waals surface area contributed by atoms with Crippen molar-refractivity contribution in [2.75, 3.05) is 5.75 Å². The summed E-state index contributed by atoms with van der Waals surface area (Å²) in [4.78, 5) is 17.2. The first-order valence-electron chi connectivity index (χ1n) is 8.71. The van der Waals surface area contributed by atoms with Crippen molar-refractivity contribution in [3.63, 3.8) is 0 Å². The Morgan fingerprint density at radius 1 is 1.18 bits per heavy atom. The van der Waals surface area contributed by atoms with E-state index in [1.165, 1.54) is 23.5 Å². The standard InChI is InChI=1S/C21H20N2O3S2/c1-4-11-23-18-13-15(2)16(3)14-19(18)27-21(23)22-20(24)10-12-28(25,26)17-8-6-5-7-9-17/h1,5-9,13-14H,10-12H2,2-3H3. The predicted octanol–water partition coefficient (Wildman–Crippen LogP) is 3.24. The van der Waals surface area contributed by atoms with Gasteiger partial charge in [0.05, 0.1) is 27.4 Å². The van der Waals surface area contributed by atoms with Crippen molar-refractivity contribution in [2.45, 2.75) is 31.7 Å². The first-order valence-corrected chi connectivity index (χ1v) is 11.2. The quantitative estimate of drug-likeness (QED) is 0.604. The van der Waals surface area contributed by atoms with Gasteiger partial charge in [-0.3, -0.25) is 4.79 Å². The lowest BCUT2D eigenvalue weighted by Crippen LogP contribution is -2.18. The Balaban J connectivity index is 1.90. The van der Waals surface area contributed by atoms with Gasteiger partial charge in [0.2, 0.25) is 5.91 Å². The second kappa shape index (κ2) is 8.13. The van der Waals surface area contributed by atoms with E-state index in [0.29, 0.717) is 4.80 Å². The summed E-state index contributed by atoms with van der Waals surface area (Å²) in [6.07, 6.45) is 5.31. The van der Waals surface area contributed by atoms with Gasteiger partial charge in [0, 0.05) is 6.42 Å². The van der Waals surface area contributed by atoms with Gasteiger partial charge >= 0.3 is 0 Å². The molecular weight excluding hydrogens is 392 g/mol. The molecule has 0 aliphatic rings. The molecule has 1 amide bonds. The van der Waals surface area contributed by atoms with E-state index in [-0.39, 0.29) is 23.6 Å². The minimum absolute atomic E-state index is 0.181. The van der Waals surface area contributed by atoms with E-state index in [1.54, 1.807) is 18.2 Å². The number of carbonyl (C=O) groups excluding carboxylic acids is 1. The van der Waals surface area contributed by atoms with Crippen molar-refractivity contribution in [1.29, 1.82) is 0 Å². The van der Waals surface area contributed by atoms with Gasteiger partial charge < -0.3 is 4.57 Å². The van der Waals surface area contributed by atoms with E-state index in [2.05, 4.69) is 10.9 Å². The Bertz CT molecular complexity index is 1240. The normalized spacial score (nSPS) is 12.2. The Morgan fingerprint density at radius 3 is 2.54 bits per heavy atom. The maximum absolute atomic E-state index is 12.4. The van der Waals surface area contributed by atoms with Gasteiger partial charge in [0.25, 0.3) is 0 Å². The summed E-state index contributed by atoms with van der Waals surface area (Å²) in [5.74, 6) is 1.83. The molecule has 0 aliphatic heterocycles. The van der Waals surface area contributed by atoms with Crippen molar-refractivity contribution in [3.8, 4) is 12.3 Å². The van der Waals surface area contributed by atoms with E-state index in [4.69, 9.17) is 6.42 Å². The molecule has 0 spiro atoms. The number of terminal acetylenes is 1. The highest BCUT2D eigenvalue weighted by Crippen LogP contribution is 2.22. The molecule has 0 bridgehead atoms. The second-order valence-corrected chi connectivity index (χ2v) is 9.58. The lowest BCUT2D eigenvalue weighted by molar-refractivity contribution is -0.117. The number of hydrogen-bond acceptors (Lipinski definition) is 4. The van der Waals surface area contributed by atoms with Gasteiger partial charge in [-0.05, 0) is 49.2 Å². The number of carbonyl (C=O) groups is 1. The number of thiazole rings is 1. The molecule has 0 unspecified atom stereocenters. The molecule has 0 fully saturated rings. The van der Waals surface area contributed by atoms with Crippen LogP contribution in [0.1, 0.15) is 17.5 Å². The average molecular weight is 413 g/mol. The number of rotatable bonds is 5. The lowest BCUT2D eigenvalue weighted by atomic mass is 10.1. The monoisotopic (exact) mass is 412 g/mol. The number of nitrogens with zero attached hydrogens (tertiary/aromatic N) is 2. The van der Waals surface area contributed by atoms with Crippen molar-refractivity contribution in [2.24, 2.45) is 4.99 Å². The zero-order valence-electron chi connectivity index (χ0n) is 15.7. The fourth-order valence-corrected chi connectivity index (χ4v) is 5.16. The highest BCUT2D eigenvalue weighted by molar-refractivity contribution is 7.91. The Morgan fingerprint density at radius 2 is 1.86 bits per heavy atom. The molecule has 0 aliphatic carbocycles. The maximum Gasteiger partial charge on any atom is 0.249 e. The van der Waals surface area contributed by atoms with Gasteiger partial charge in [-0.2, -0.15) is 4.99 Å². The van der Waals surface area contributed by atoms with Crippen LogP contribution in [0.25, 0.3) is 10.2 Å². The first-order chi connectivity index (χ1) is 13.3. The first kappa shape index (κ1) is 20.1. The Labute approximate surface area is 168 Å². The van der Waals surface area contributed by atoms with Crippen LogP contribution in [0.3, 0.4) is 0 Å². The fraction of sp³-hybridized carbons (Fsp3) is 0.238. The molecule has 0 radical (unpaired) electrons. The van der Waals surface area contributed by atoms with Gasteiger partial charge in [0.1, 0.15) is 0 Å². The van der Waals surface area contributed by atoms with Crippen LogP contribution in [-0.2, 0) is 21.2 Å². The molecule has 144 valence electrons. The topological polar surface area (TPSA) is 68.5 Å². The molecule has 0 atom stereocenters. The number of hydrogen-bond donors (Lipinski definition) is 0. The van der Waals surface area contributed by atoms with Crippen LogP contribution in [-0.4, -0.2) is 24.6 Å². The number of fused-ring (bicyclic) bond motifs is 1. The minimum atomic E-state index is -3.52. The minimum Gasteiger partial charge on any atom is -0.305 e.